The standard InChI is InChI=1S/C17H24FN3O4/c1-17(2,3)25-16(23)21-9-6-11(7-10-21)20-14-13(18)12(5-8-19-14)15(22)24-4/h5,8,11H,6-7,9-10H2,1-4H3,(H,19,20). The second kappa shape index (κ2) is 7.67. The smallest absolute Gasteiger partial charge is 0.410 e. The minimum atomic E-state index is -0.748. The number of nitrogens with one attached hydrogen (secondary N) is 1. The lowest BCUT2D eigenvalue weighted by atomic mass is 10.1. The number of halogens is 1. The summed E-state index contributed by atoms with van der Waals surface area (Å²) in [5, 5.41) is 3.00. The summed E-state index contributed by atoms with van der Waals surface area (Å²) in [4.78, 5) is 29.2. The third-order valence-corrected chi connectivity index (χ3v) is 3.78. The lowest BCUT2D eigenvalue weighted by Gasteiger charge is -2.34. The van der Waals surface area contributed by atoms with E-state index in [0.717, 1.165) is 0 Å². The van der Waals surface area contributed by atoms with Crippen LogP contribution in [0.25, 0.3) is 0 Å². The Morgan fingerprint density at radius 2 is 1.96 bits per heavy atom. The van der Waals surface area contributed by atoms with Gasteiger partial charge in [-0.25, -0.2) is 19.0 Å². The molecule has 1 aliphatic rings. The molecule has 0 atom stereocenters. The molecule has 1 fully saturated rings. The van der Waals surface area contributed by atoms with Gasteiger partial charge in [-0.3, -0.25) is 0 Å². The van der Waals surface area contributed by atoms with Crippen LogP contribution in [0.3, 0.4) is 0 Å². The first-order valence-corrected chi connectivity index (χ1v) is 8.18. The van der Waals surface area contributed by atoms with E-state index in [4.69, 9.17) is 4.74 Å². The van der Waals surface area contributed by atoms with Crippen molar-refractivity contribution in [3.8, 4) is 0 Å². The number of ether oxygens (including phenoxy) is 2. The molecule has 8 heteroatoms. The molecule has 2 heterocycles. The molecule has 0 aliphatic carbocycles. The van der Waals surface area contributed by atoms with E-state index in [1.807, 2.05) is 20.8 Å². The summed E-state index contributed by atoms with van der Waals surface area (Å²) < 4.78 is 24.2. The number of piperidine rings is 1. The number of pyridine rings is 1. The number of carbonyl (C=O) groups excluding carboxylic acids is 2. The Bertz CT molecular complexity index is 637. The lowest BCUT2D eigenvalue weighted by Crippen LogP contribution is -2.44. The zero-order chi connectivity index (χ0) is 18.6. The summed E-state index contributed by atoms with van der Waals surface area (Å²) in [6, 6.07) is 1.23. The molecule has 138 valence electrons. The topological polar surface area (TPSA) is 80.8 Å². The zero-order valence-corrected chi connectivity index (χ0v) is 15.0. The molecule has 1 aromatic rings. The Labute approximate surface area is 146 Å². The number of anilines is 1. The van der Waals surface area contributed by atoms with Crippen molar-refractivity contribution in [3.05, 3.63) is 23.6 Å². The minimum absolute atomic E-state index is 0.0126. The molecule has 0 spiro atoms. The highest BCUT2D eigenvalue weighted by atomic mass is 19.1. The van der Waals surface area contributed by atoms with E-state index >= 15 is 0 Å². The van der Waals surface area contributed by atoms with Crippen LogP contribution in [0, 0.1) is 5.82 Å². The Morgan fingerprint density at radius 3 is 2.52 bits per heavy atom. The molecule has 1 N–H and O–H groups in total. The highest BCUT2D eigenvalue weighted by molar-refractivity contribution is 5.90. The maximum atomic E-state index is 14.3. The molecule has 0 aromatic carbocycles. The van der Waals surface area contributed by atoms with Crippen molar-refractivity contribution in [2.75, 3.05) is 25.5 Å². The summed E-state index contributed by atoms with van der Waals surface area (Å²) in [7, 11) is 1.20. The van der Waals surface area contributed by atoms with Crippen LogP contribution in [-0.4, -0.2) is 53.8 Å². The van der Waals surface area contributed by atoms with Crippen molar-refractivity contribution in [2.24, 2.45) is 0 Å². The average molecular weight is 353 g/mol. The van der Waals surface area contributed by atoms with E-state index < -0.39 is 17.4 Å². The van der Waals surface area contributed by atoms with Gasteiger partial charge >= 0.3 is 12.1 Å². The number of rotatable bonds is 3. The first kappa shape index (κ1) is 19.0. The van der Waals surface area contributed by atoms with Crippen LogP contribution in [0.15, 0.2) is 12.3 Å². The van der Waals surface area contributed by atoms with Gasteiger partial charge in [0.15, 0.2) is 11.6 Å². The minimum Gasteiger partial charge on any atom is -0.465 e. The number of nitrogens with zero attached hydrogens (tertiary/aromatic N) is 2. The van der Waals surface area contributed by atoms with Crippen LogP contribution in [0.1, 0.15) is 44.0 Å². The quantitative estimate of drug-likeness (QED) is 0.842. The third-order valence-electron chi connectivity index (χ3n) is 3.78. The monoisotopic (exact) mass is 353 g/mol. The summed E-state index contributed by atoms with van der Waals surface area (Å²) in [6.07, 6.45) is 2.27. The van der Waals surface area contributed by atoms with Crippen LogP contribution < -0.4 is 5.32 Å². The van der Waals surface area contributed by atoms with Crippen molar-refractivity contribution in [1.29, 1.82) is 0 Å². The molecule has 1 amide bonds. The van der Waals surface area contributed by atoms with Gasteiger partial charge in [-0.15, -0.1) is 0 Å². The lowest BCUT2D eigenvalue weighted by molar-refractivity contribution is 0.0210. The average Bonchev–Trinajstić information content (AvgIpc) is 2.55. The van der Waals surface area contributed by atoms with Gasteiger partial charge in [-0.05, 0) is 39.7 Å². The molecule has 0 radical (unpaired) electrons. The summed E-state index contributed by atoms with van der Waals surface area (Å²) in [6.45, 7) is 6.47. The van der Waals surface area contributed by atoms with Gasteiger partial charge in [-0.2, -0.15) is 0 Å². The van der Waals surface area contributed by atoms with Crippen molar-refractivity contribution >= 4 is 17.9 Å². The van der Waals surface area contributed by atoms with Crippen LogP contribution in [-0.2, 0) is 9.47 Å². The van der Waals surface area contributed by atoms with Gasteiger partial charge in [0.2, 0.25) is 0 Å². The number of hydrogen-bond donors (Lipinski definition) is 1. The van der Waals surface area contributed by atoms with E-state index in [9.17, 15) is 14.0 Å². The number of hydrogen-bond acceptors (Lipinski definition) is 6. The Kier molecular flexibility index (Phi) is 5.81. The van der Waals surface area contributed by atoms with Crippen LogP contribution in [0.4, 0.5) is 15.0 Å². The number of carbonyl (C=O) groups is 2. The first-order valence-electron chi connectivity index (χ1n) is 8.18. The van der Waals surface area contributed by atoms with Crippen molar-refractivity contribution in [2.45, 2.75) is 45.3 Å². The SMILES string of the molecule is COC(=O)c1ccnc(NC2CCN(C(=O)OC(C)(C)C)CC2)c1F. The number of methoxy groups -OCH3 is 1. The van der Waals surface area contributed by atoms with E-state index in [-0.39, 0.29) is 23.5 Å². The first-order chi connectivity index (χ1) is 11.7. The largest absolute Gasteiger partial charge is 0.465 e. The number of aromatic nitrogens is 1. The van der Waals surface area contributed by atoms with Crippen molar-refractivity contribution in [1.82, 2.24) is 9.88 Å². The summed E-state index contributed by atoms with van der Waals surface area (Å²) in [5.41, 5.74) is -0.695. The fraction of sp³-hybridized carbons (Fsp3) is 0.588. The second-order valence-corrected chi connectivity index (χ2v) is 6.90. The predicted molar refractivity (Wildman–Crippen MR) is 90.0 cm³/mol. The number of esters is 1. The van der Waals surface area contributed by atoms with Gasteiger partial charge in [-0.1, -0.05) is 0 Å². The van der Waals surface area contributed by atoms with E-state index in [0.29, 0.717) is 25.9 Å². The third kappa shape index (κ3) is 5.04. The highest BCUT2D eigenvalue weighted by Crippen LogP contribution is 2.21. The number of amides is 1. The normalized spacial score (nSPS) is 15.6. The Morgan fingerprint density at radius 1 is 1.32 bits per heavy atom. The molecule has 1 aromatic heterocycles. The molecule has 0 saturated carbocycles. The molecule has 0 bridgehead atoms. The molecule has 1 saturated heterocycles. The highest BCUT2D eigenvalue weighted by Gasteiger charge is 2.27. The predicted octanol–water partition coefficient (Wildman–Crippen LogP) is 2.82. The molecule has 25 heavy (non-hydrogen) atoms. The van der Waals surface area contributed by atoms with E-state index in [1.165, 1.54) is 19.4 Å². The fourth-order valence-electron chi connectivity index (χ4n) is 2.54. The van der Waals surface area contributed by atoms with Crippen LogP contribution >= 0.6 is 0 Å². The molecule has 0 unspecified atom stereocenters. The molecule has 7 nitrogen and oxygen atoms in total. The van der Waals surface area contributed by atoms with Gasteiger partial charge in [0.25, 0.3) is 0 Å². The van der Waals surface area contributed by atoms with Crippen molar-refractivity contribution < 1.29 is 23.5 Å². The second-order valence-electron chi connectivity index (χ2n) is 6.90. The van der Waals surface area contributed by atoms with Gasteiger partial charge < -0.3 is 19.7 Å². The fourth-order valence-corrected chi connectivity index (χ4v) is 2.54. The van der Waals surface area contributed by atoms with Crippen LogP contribution in [0.2, 0.25) is 0 Å². The maximum absolute atomic E-state index is 14.3. The molecular formula is C17H24FN3O4. The molecular weight excluding hydrogens is 329 g/mol. The summed E-state index contributed by atoms with van der Waals surface area (Å²) >= 11 is 0. The Hall–Kier alpha value is -2.38. The Balaban J connectivity index is 1.94. The summed E-state index contributed by atoms with van der Waals surface area (Å²) in [5.74, 6) is -1.47. The van der Waals surface area contributed by atoms with Gasteiger partial charge in [0.1, 0.15) is 11.2 Å². The van der Waals surface area contributed by atoms with Gasteiger partial charge in [0, 0.05) is 25.3 Å². The van der Waals surface area contributed by atoms with Crippen LogP contribution in [0.5, 0.6) is 0 Å². The molecule has 1 aliphatic heterocycles. The maximum Gasteiger partial charge on any atom is 0.410 e. The van der Waals surface area contributed by atoms with E-state index in [1.54, 1.807) is 4.90 Å². The van der Waals surface area contributed by atoms with Crippen molar-refractivity contribution in [3.63, 3.8) is 0 Å². The number of likely N-dealkylation sites (tertiary alicyclic amines) is 1. The molecule has 2 rings (SSSR count). The van der Waals surface area contributed by atoms with E-state index in [2.05, 4.69) is 15.0 Å². The van der Waals surface area contributed by atoms with Gasteiger partial charge in [0.05, 0.1) is 7.11 Å². The zero-order valence-electron chi connectivity index (χ0n) is 15.0.